The van der Waals surface area contributed by atoms with E-state index in [4.69, 9.17) is 9.73 Å². The lowest BCUT2D eigenvalue weighted by atomic mass is 9.84. The number of carbonyl (C=O) groups is 2. The van der Waals surface area contributed by atoms with E-state index >= 15 is 0 Å². The zero-order chi connectivity index (χ0) is 38.9. The average Bonchev–Trinajstić information content (AvgIpc) is 3.23. The molecule has 3 atom stereocenters. The number of amides is 1. The number of esters is 1. The quantitative estimate of drug-likeness (QED) is 0.0347. The molecule has 6 nitrogen and oxygen atoms in total. The monoisotopic (exact) mass is 773 g/mol. The van der Waals surface area contributed by atoms with Crippen LogP contribution in [0.15, 0.2) is 138 Å². The molecule has 0 bridgehead atoms. The number of nitrogens with zero attached hydrogens (tertiary/aromatic N) is 2. The molecule has 0 saturated heterocycles. The first-order valence-corrected chi connectivity index (χ1v) is 21.6. The van der Waals surface area contributed by atoms with Crippen molar-refractivity contribution in [2.75, 3.05) is 38.0 Å². The number of ether oxygens (including phenoxy) is 1. The van der Waals surface area contributed by atoms with Crippen molar-refractivity contribution in [1.29, 1.82) is 0 Å². The van der Waals surface area contributed by atoms with Gasteiger partial charge in [-0.3, -0.25) is 14.7 Å². The van der Waals surface area contributed by atoms with E-state index in [1.807, 2.05) is 18.0 Å². The summed E-state index contributed by atoms with van der Waals surface area (Å²) in [6.45, 7) is 5.76. The first-order chi connectivity index (χ1) is 26.9. The number of hydrogen-bond donors (Lipinski definition) is 1. The van der Waals surface area contributed by atoms with Crippen LogP contribution in [-0.4, -0.2) is 73.0 Å². The van der Waals surface area contributed by atoms with E-state index in [2.05, 4.69) is 164 Å². The third-order valence-electron chi connectivity index (χ3n) is 10.2. The van der Waals surface area contributed by atoms with Crippen LogP contribution < -0.4 is 5.32 Å². The molecule has 0 aromatic heterocycles. The molecular weight excluding hydrogens is 719 g/mol. The fourth-order valence-electron chi connectivity index (χ4n) is 7.08. The molecule has 0 unspecified atom stereocenters. The molecule has 0 aliphatic carbocycles. The van der Waals surface area contributed by atoms with Gasteiger partial charge >= 0.3 is 5.97 Å². The highest BCUT2D eigenvalue weighted by molar-refractivity contribution is 8.00. The second-order valence-corrected chi connectivity index (χ2v) is 16.2. The van der Waals surface area contributed by atoms with Crippen LogP contribution in [0, 0.1) is 5.92 Å². The van der Waals surface area contributed by atoms with Crippen LogP contribution in [0.3, 0.4) is 0 Å². The fourth-order valence-corrected chi connectivity index (χ4v) is 8.99. The molecule has 5 aromatic carbocycles. The first kappa shape index (κ1) is 41.8. The molecule has 1 N–H and O–H groups in total. The SMILES string of the molecule is CC[C@H](C)[C@@H](CN(CC(=O)N[C@@H](CCSC)C(=O)OC)Cc1cccc2ccccc12)N=CCCSC(c1ccccc1)(c1ccccc1)c1ccccc1. The molecule has 5 rings (SSSR count). The number of methoxy groups -OCH3 is 1. The second kappa shape index (κ2) is 21.6. The van der Waals surface area contributed by atoms with Gasteiger partial charge in [0.15, 0.2) is 0 Å². The van der Waals surface area contributed by atoms with Gasteiger partial charge in [0.05, 0.1) is 24.4 Å². The normalized spacial score (nSPS) is 13.5. The van der Waals surface area contributed by atoms with E-state index < -0.39 is 12.0 Å². The number of fused-ring (bicyclic) bond motifs is 1. The Morgan fingerprint density at radius 1 is 0.818 bits per heavy atom. The third kappa shape index (κ3) is 11.3. The van der Waals surface area contributed by atoms with Gasteiger partial charge < -0.3 is 10.1 Å². The van der Waals surface area contributed by atoms with E-state index in [-0.39, 0.29) is 23.2 Å². The Bertz CT molecular complexity index is 1840. The van der Waals surface area contributed by atoms with Gasteiger partial charge in [-0.25, -0.2) is 4.79 Å². The van der Waals surface area contributed by atoms with Crippen molar-refractivity contribution < 1.29 is 14.3 Å². The Balaban J connectivity index is 1.37. The number of rotatable bonds is 21. The van der Waals surface area contributed by atoms with Crippen molar-refractivity contribution in [1.82, 2.24) is 10.2 Å². The number of carbonyl (C=O) groups excluding carboxylic acids is 2. The summed E-state index contributed by atoms with van der Waals surface area (Å²) in [5.41, 5.74) is 4.89. The van der Waals surface area contributed by atoms with Crippen molar-refractivity contribution in [3.63, 3.8) is 0 Å². The van der Waals surface area contributed by atoms with Gasteiger partial charge in [0.25, 0.3) is 0 Å². The maximum absolute atomic E-state index is 13.7. The van der Waals surface area contributed by atoms with E-state index in [0.717, 1.165) is 29.9 Å². The molecular formula is C47H55N3O3S2. The van der Waals surface area contributed by atoms with Gasteiger partial charge in [0.2, 0.25) is 5.91 Å². The Morgan fingerprint density at radius 3 is 1.98 bits per heavy atom. The molecule has 0 aliphatic heterocycles. The minimum absolute atomic E-state index is 0.0206. The molecule has 8 heteroatoms. The smallest absolute Gasteiger partial charge is 0.328 e. The van der Waals surface area contributed by atoms with Gasteiger partial charge in [0, 0.05) is 13.1 Å². The summed E-state index contributed by atoms with van der Waals surface area (Å²) >= 11 is 3.58. The van der Waals surface area contributed by atoms with Crippen molar-refractivity contribution in [2.45, 2.75) is 56.5 Å². The molecule has 1 amide bonds. The summed E-state index contributed by atoms with van der Waals surface area (Å²) in [6.07, 6.45) is 6.36. The van der Waals surface area contributed by atoms with Gasteiger partial charge in [-0.1, -0.05) is 154 Å². The molecule has 0 saturated carbocycles. The highest BCUT2D eigenvalue weighted by Crippen LogP contribution is 2.48. The number of benzene rings is 5. The molecule has 288 valence electrons. The molecule has 0 radical (unpaired) electrons. The summed E-state index contributed by atoms with van der Waals surface area (Å²) in [4.78, 5) is 33.7. The minimum atomic E-state index is -0.681. The van der Waals surface area contributed by atoms with E-state index in [0.29, 0.717) is 25.4 Å². The van der Waals surface area contributed by atoms with Crippen LogP contribution in [0.25, 0.3) is 10.8 Å². The number of hydrogen-bond acceptors (Lipinski definition) is 7. The van der Waals surface area contributed by atoms with Crippen LogP contribution in [0.1, 0.15) is 55.4 Å². The van der Waals surface area contributed by atoms with Crippen LogP contribution >= 0.6 is 23.5 Å². The Labute approximate surface area is 336 Å². The summed E-state index contributed by atoms with van der Waals surface area (Å²) in [5, 5.41) is 5.31. The summed E-state index contributed by atoms with van der Waals surface area (Å²) in [6, 6.07) is 46.4. The van der Waals surface area contributed by atoms with Crippen molar-refractivity contribution in [2.24, 2.45) is 10.9 Å². The number of aliphatic imine (C=N–C) groups is 1. The maximum atomic E-state index is 13.7. The highest BCUT2D eigenvalue weighted by Gasteiger charge is 2.36. The predicted octanol–water partition coefficient (Wildman–Crippen LogP) is 9.65. The number of thioether (sulfide) groups is 2. The van der Waals surface area contributed by atoms with Crippen molar-refractivity contribution in [3.8, 4) is 0 Å². The predicted molar refractivity (Wildman–Crippen MR) is 234 cm³/mol. The van der Waals surface area contributed by atoms with Crippen LogP contribution in [0.4, 0.5) is 0 Å². The minimum Gasteiger partial charge on any atom is -0.467 e. The van der Waals surface area contributed by atoms with Gasteiger partial charge in [0.1, 0.15) is 6.04 Å². The van der Waals surface area contributed by atoms with Crippen molar-refractivity contribution in [3.05, 3.63) is 156 Å². The van der Waals surface area contributed by atoms with E-state index in [1.54, 1.807) is 11.8 Å². The lowest BCUT2D eigenvalue weighted by Crippen LogP contribution is -2.47. The Hall–Kier alpha value is -4.37. The van der Waals surface area contributed by atoms with E-state index in [9.17, 15) is 9.59 Å². The van der Waals surface area contributed by atoms with Gasteiger partial charge in [-0.15, -0.1) is 11.8 Å². The first-order valence-electron chi connectivity index (χ1n) is 19.3. The van der Waals surface area contributed by atoms with Crippen LogP contribution in [0.2, 0.25) is 0 Å². The zero-order valence-corrected chi connectivity index (χ0v) is 34.2. The molecule has 0 heterocycles. The Morgan fingerprint density at radius 2 is 1.40 bits per heavy atom. The van der Waals surface area contributed by atoms with Gasteiger partial charge in [-0.05, 0) is 75.8 Å². The lowest BCUT2D eigenvalue weighted by molar-refractivity contribution is -0.145. The highest BCUT2D eigenvalue weighted by atomic mass is 32.2. The molecule has 0 fully saturated rings. The van der Waals surface area contributed by atoms with Crippen LogP contribution in [-0.2, 0) is 25.6 Å². The molecule has 55 heavy (non-hydrogen) atoms. The summed E-state index contributed by atoms with van der Waals surface area (Å²) < 4.78 is 4.65. The fraction of sp³-hybridized carbons (Fsp3) is 0.340. The second-order valence-electron chi connectivity index (χ2n) is 13.9. The maximum Gasteiger partial charge on any atom is 0.328 e. The molecule has 0 spiro atoms. The molecule has 5 aromatic rings. The van der Waals surface area contributed by atoms with Crippen LogP contribution in [0.5, 0.6) is 0 Å². The third-order valence-corrected chi connectivity index (χ3v) is 12.4. The lowest BCUT2D eigenvalue weighted by Gasteiger charge is -2.35. The standard InChI is InChI=1S/C47H55N3O3S2/c1-5-36(2)44(48-30-18-31-55-47(39-22-9-6-10-23-39,40-24-11-7-12-25-40)41-26-13-8-14-27-41)34-50(33-38-21-17-20-37-19-15-16-28-42(37)38)35-45(51)49-43(29-32-54-4)46(52)53-3/h6-17,19-28,30,36,43-44H,5,18,29,31-35H2,1-4H3,(H,49,51)/t36-,43-,44+/m0/s1. The topological polar surface area (TPSA) is 71.0 Å². The summed E-state index contributed by atoms with van der Waals surface area (Å²) in [5.74, 6) is 1.29. The summed E-state index contributed by atoms with van der Waals surface area (Å²) in [7, 11) is 1.37. The molecule has 0 aliphatic rings. The Kier molecular flexibility index (Phi) is 16.4. The van der Waals surface area contributed by atoms with Crippen molar-refractivity contribution >= 4 is 52.4 Å². The average molecular weight is 774 g/mol. The number of nitrogens with one attached hydrogen (secondary N) is 1. The zero-order valence-electron chi connectivity index (χ0n) is 32.6. The van der Waals surface area contributed by atoms with Gasteiger partial charge in [-0.2, -0.15) is 11.8 Å². The van der Waals surface area contributed by atoms with E-state index in [1.165, 1.54) is 34.6 Å². The largest absolute Gasteiger partial charge is 0.467 e.